The largest absolute Gasteiger partial charge is 0.478 e. The van der Waals surface area contributed by atoms with Crippen molar-refractivity contribution in [1.29, 1.82) is 0 Å². The first kappa shape index (κ1) is 25.6. The van der Waals surface area contributed by atoms with Gasteiger partial charge in [0.2, 0.25) is 0 Å². The van der Waals surface area contributed by atoms with E-state index in [9.17, 15) is 9.90 Å². The van der Waals surface area contributed by atoms with Crippen LogP contribution >= 0.6 is 24.8 Å². The summed E-state index contributed by atoms with van der Waals surface area (Å²) in [7, 11) is 0. The molecule has 0 amide bonds. The minimum atomic E-state index is -0.993. The first-order chi connectivity index (χ1) is 13.4. The highest BCUT2D eigenvalue weighted by atomic mass is 35.5. The van der Waals surface area contributed by atoms with Crippen molar-refractivity contribution < 1.29 is 9.90 Å². The van der Waals surface area contributed by atoms with Crippen molar-refractivity contribution in [3.8, 4) is 22.4 Å². The van der Waals surface area contributed by atoms with Gasteiger partial charge in [-0.25, -0.2) is 4.79 Å². The van der Waals surface area contributed by atoms with Gasteiger partial charge in [0, 0.05) is 23.4 Å². The van der Waals surface area contributed by atoms with Gasteiger partial charge in [0.25, 0.3) is 0 Å². The molecule has 30 heavy (non-hydrogen) atoms. The summed E-state index contributed by atoms with van der Waals surface area (Å²) in [5.41, 5.74) is 12.0. The van der Waals surface area contributed by atoms with Gasteiger partial charge in [0.15, 0.2) is 0 Å². The van der Waals surface area contributed by atoms with Gasteiger partial charge in [0.1, 0.15) is 0 Å². The second-order valence-electron chi connectivity index (χ2n) is 7.47. The van der Waals surface area contributed by atoms with E-state index in [1.54, 1.807) is 0 Å². The third kappa shape index (κ3) is 5.39. The molecular formula is C24H28Cl2N2O2. The van der Waals surface area contributed by atoms with Gasteiger partial charge in [-0.2, -0.15) is 0 Å². The SMILES string of the molecule is Cc1ccc(-c2c(CN)c(CC(C)C)nc(-c3ccccc3)c2C(=O)O)cc1.Cl.Cl. The zero-order chi connectivity index (χ0) is 20.3. The first-order valence-electron chi connectivity index (χ1n) is 9.54. The molecule has 4 nitrogen and oxygen atoms in total. The smallest absolute Gasteiger partial charge is 0.338 e. The average Bonchev–Trinajstić information content (AvgIpc) is 2.67. The standard InChI is InChI=1S/C24H26N2O2.2ClH/c1-15(2)13-20-19(14-25)21(17-11-9-16(3)10-12-17)22(24(27)28)23(26-20)18-7-5-4-6-8-18;;/h4-12,15H,13-14,25H2,1-3H3,(H,27,28);2*1H. The fourth-order valence-electron chi connectivity index (χ4n) is 3.50. The maximum absolute atomic E-state index is 12.4. The molecular weight excluding hydrogens is 419 g/mol. The zero-order valence-corrected chi connectivity index (χ0v) is 19.0. The molecule has 3 rings (SSSR count). The number of aryl methyl sites for hydroxylation is 1. The highest BCUT2D eigenvalue weighted by Gasteiger charge is 2.25. The number of aromatic carboxylic acids is 1. The van der Waals surface area contributed by atoms with Crippen molar-refractivity contribution in [3.05, 3.63) is 77.0 Å². The topological polar surface area (TPSA) is 76.2 Å². The molecule has 0 bridgehead atoms. The van der Waals surface area contributed by atoms with Crippen LogP contribution < -0.4 is 5.73 Å². The van der Waals surface area contributed by atoms with E-state index in [4.69, 9.17) is 10.7 Å². The molecule has 0 radical (unpaired) electrons. The van der Waals surface area contributed by atoms with Crippen molar-refractivity contribution in [1.82, 2.24) is 4.98 Å². The lowest BCUT2D eigenvalue weighted by atomic mass is 9.88. The normalized spacial score (nSPS) is 10.3. The lowest BCUT2D eigenvalue weighted by Gasteiger charge is -2.20. The molecule has 3 aromatic rings. The molecule has 3 N–H and O–H groups in total. The molecule has 2 aromatic carbocycles. The van der Waals surface area contributed by atoms with Crippen LogP contribution in [0.15, 0.2) is 54.6 Å². The highest BCUT2D eigenvalue weighted by molar-refractivity contribution is 6.03. The molecule has 0 saturated carbocycles. The maximum Gasteiger partial charge on any atom is 0.338 e. The van der Waals surface area contributed by atoms with E-state index in [1.165, 1.54) is 0 Å². The number of hydrogen-bond acceptors (Lipinski definition) is 3. The van der Waals surface area contributed by atoms with Gasteiger partial charge >= 0.3 is 5.97 Å². The minimum Gasteiger partial charge on any atom is -0.478 e. The molecule has 0 fully saturated rings. The van der Waals surface area contributed by atoms with E-state index < -0.39 is 5.97 Å². The monoisotopic (exact) mass is 446 g/mol. The van der Waals surface area contributed by atoms with Gasteiger partial charge in [-0.3, -0.25) is 4.98 Å². The van der Waals surface area contributed by atoms with Crippen LogP contribution in [0.5, 0.6) is 0 Å². The quantitative estimate of drug-likeness (QED) is 0.492. The van der Waals surface area contributed by atoms with E-state index in [-0.39, 0.29) is 36.9 Å². The van der Waals surface area contributed by atoms with Crippen LogP contribution in [-0.4, -0.2) is 16.1 Å². The Hall–Kier alpha value is -2.40. The highest BCUT2D eigenvalue weighted by Crippen LogP contribution is 2.36. The second-order valence-corrected chi connectivity index (χ2v) is 7.47. The number of nitrogens with two attached hydrogens (primary N) is 1. The summed E-state index contributed by atoms with van der Waals surface area (Å²) in [6, 6.07) is 17.4. The van der Waals surface area contributed by atoms with E-state index in [0.717, 1.165) is 34.4 Å². The van der Waals surface area contributed by atoms with E-state index in [1.807, 2.05) is 61.5 Å². The number of carbonyl (C=O) groups is 1. The van der Waals surface area contributed by atoms with Gasteiger partial charge in [-0.1, -0.05) is 74.0 Å². The van der Waals surface area contributed by atoms with Gasteiger partial charge < -0.3 is 10.8 Å². The molecule has 0 aliphatic heterocycles. The number of nitrogens with zero attached hydrogens (tertiary/aromatic N) is 1. The van der Waals surface area contributed by atoms with E-state index >= 15 is 0 Å². The lowest BCUT2D eigenvalue weighted by Crippen LogP contribution is -2.15. The van der Waals surface area contributed by atoms with Crippen molar-refractivity contribution in [2.24, 2.45) is 11.7 Å². The number of carboxylic acid groups (broad SMARTS) is 1. The summed E-state index contributed by atoms with van der Waals surface area (Å²) in [5.74, 6) is -0.615. The Bertz CT molecular complexity index is 988. The molecule has 0 aliphatic rings. The summed E-state index contributed by atoms with van der Waals surface area (Å²) < 4.78 is 0. The van der Waals surface area contributed by atoms with Crippen molar-refractivity contribution in [3.63, 3.8) is 0 Å². The molecule has 160 valence electrons. The second kappa shape index (κ2) is 11.1. The van der Waals surface area contributed by atoms with Crippen LogP contribution in [0.25, 0.3) is 22.4 Å². The molecule has 6 heteroatoms. The van der Waals surface area contributed by atoms with Crippen LogP contribution in [0.1, 0.15) is 41.0 Å². The number of rotatable bonds is 6. The number of benzene rings is 2. The molecule has 1 aromatic heterocycles. The summed E-state index contributed by atoms with van der Waals surface area (Å²) in [6.07, 6.45) is 0.741. The van der Waals surface area contributed by atoms with Crippen LogP contribution in [0.2, 0.25) is 0 Å². The fourth-order valence-corrected chi connectivity index (χ4v) is 3.50. The summed E-state index contributed by atoms with van der Waals surface area (Å²) in [5, 5.41) is 10.1. The fraction of sp³-hybridized carbons (Fsp3) is 0.250. The Morgan fingerprint density at radius 3 is 2.10 bits per heavy atom. The molecule has 0 spiro atoms. The number of hydrogen-bond donors (Lipinski definition) is 2. The Morgan fingerprint density at radius 2 is 1.60 bits per heavy atom. The predicted octanol–water partition coefficient (Wildman–Crippen LogP) is 5.92. The van der Waals surface area contributed by atoms with Crippen molar-refractivity contribution in [2.45, 2.75) is 33.7 Å². The third-order valence-electron chi connectivity index (χ3n) is 4.79. The van der Waals surface area contributed by atoms with Crippen LogP contribution in [-0.2, 0) is 13.0 Å². The molecule has 0 unspecified atom stereocenters. The number of aromatic nitrogens is 1. The lowest BCUT2D eigenvalue weighted by molar-refractivity contribution is 0.0698. The Morgan fingerprint density at radius 1 is 1.00 bits per heavy atom. The van der Waals surface area contributed by atoms with E-state index in [2.05, 4.69) is 13.8 Å². The van der Waals surface area contributed by atoms with Gasteiger partial charge in [-0.15, -0.1) is 24.8 Å². The van der Waals surface area contributed by atoms with Crippen molar-refractivity contribution >= 4 is 30.8 Å². The average molecular weight is 447 g/mol. The maximum atomic E-state index is 12.4. The minimum absolute atomic E-state index is 0. The Kier molecular flexibility index (Phi) is 9.50. The Labute approximate surface area is 190 Å². The number of carboxylic acids is 1. The summed E-state index contributed by atoms with van der Waals surface area (Å²) >= 11 is 0. The molecule has 1 heterocycles. The Balaban J connectivity index is 0.00000225. The van der Waals surface area contributed by atoms with E-state index in [0.29, 0.717) is 17.2 Å². The molecule has 0 atom stereocenters. The van der Waals surface area contributed by atoms with Crippen LogP contribution in [0.4, 0.5) is 0 Å². The summed E-state index contributed by atoms with van der Waals surface area (Å²) in [6.45, 7) is 6.51. The van der Waals surface area contributed by atoms with Crippen molar-refractivity contribution in [2.75, 3.05) is 0 Å². The molecule has 0 aliphatic carbocycles. The first-order valence-corrected chi connectivity index (χ1v) is 9.54. The summed E-state index contributed by atoms with van der Waals surface area (Å²) in [4.78, 5) is 17.2. The van der Waals surface area contributed by atoms with Crippen LogP contribution in [0, 0.1) is 12.8 Å². The third-order valence-corrected chi connectivity index (χ3v) is 4.79. The van der Waals surface area contributed by atoms with Gasteiger partial charge in [-0.05, 0) is 30.4 Å². The predicted molar refractivity (Wildman–Crippen MR) is 128 cm³/mol. The van der Waals surface area contributed by atoms with Crippen LogP contribution in [0.3, 0.4) is 0 Å². The number of pyridine rings is 1. The zero-order valence-electron chi connectivity index (χ0n) is 17.4. The number of halogens is 2. The van der Waals surface area contributed by atoms with Gasteiger partial charge in [0.05, 0.1) is 11.3 Å². The molecule has 0 saturated heterocycles.